The second-order valence-electron chi connectivity index (χ2n) is 5.02. The van der Waals surface area contributed by atoms with E-state index in [-0.39, 0.29) is 0 Å². The number of rotatable bonds is 5. The van der Waals surface area contributed by atoms with Gasteiger partial charge in [-0.1, -0.05) is 13.8 Å². The zero-order chi connectivity index (χ0) is 14.5. The highest BCUT2D eigenvalue weighted by atomic mass is 32.2. The Morgan fingerprint density at radius 3 is 2.95 bits per heavy atom. The van der Waals surface area contributed by atoms with Crippen molar-refractivity contribution in [2.24, 2.45) is 0 Å². The summed E-state index contributed by atoms with van der Waals surface area (Å²) in [5, 5.41) is 3.90. The monoisotopic (exact) mass is 296 g/mol. The predicted octanol–water partition coefficient (Wildman–Crippen LogP) is 2.64. The minimum atomic E-state index is 0.441. The first-order chi connectivity index (χ1) is 9.69. The predicted molar refractivity (Wildman–Crippen MR) is 86.1 cm³/mol. The molecule has 0 spiro atoms. The van der Waals surface area contributed by atoms with Crippen molar-refractivity contribution in [3.05, 3.63) is 6.33 Å². The summed E-state index contributed by atoms with van der Waals surface area (Å²) in [7, 11) is 1.69. The first-order valence-corrected chi connectivity index (χ1v) is 8.25. The van der Waals surface area contributed by atoms with Crippen LogP contribution in [0.25, 0.3) is 0 Å². The third kappa shape index (κ3) is 3.11. The Morgan fingerprint density at radius 2 is 2.25 bits per heavy atom. The van der Waals surface area contributed by atoms with Gasteiger partial charge in [-0.25, -0.2) is 9.97 Å². The first kappa shape index (κ1) is 15.2. The largest absolute Gasteiger partial charge is 0.490 e. The molecule has 20 heavy (non-hydrogen) atoms. The van der Waals surface area contributed by atoms with E-state index in [0.29, 0.717) is 11.3 Å². The molecular weight excluding hydrogens is 272 g/mol. The number of hydrogen-bond acceptors (Lipinski definition) is 6. The Bertz CT molecular complexity index is 443. The molecule has 0 radical (unpaired) electrons. The molecule has 2 rings (SSSR count). The van der Waals surface area contributed by atoms with Crippen molar-refractivity contribution in [1.82, 2.24) is 9.97 Å². The number of methoxy groups -OCH3 is 1. The highest BCUT2D eigenvalue weighted by Crippen LogP contribution is 2.36. The van der Waals surface area contributed by atoms with Gasteiger partial charge < -0.3 is 15.0 Å². The zero-order valence-corrected chi connectivity index (χ0v) is 13.5. The van der Waals surface area contributed by atoms with Gasteiger partial charge in [0.25, 0.3) is 0 Å². The van der Waals surface area contributed by atoms with Crippen LogP contribution in [-0.2, 0) is 0 Å². The van der Waals surface area contributed by atoms with Gasteiger partial charge in [-0.05, 0) is 13.3 Å². The number of nitrogens with zero attached hydrogens (tertiary/aromatic N) is 3. The molecule has 2 atom stereocenters. The fourth-order valence-electron chi connectivity index (χ4n) is 2.36. The van der Waals surface area contributed by atoms with E-state index in [4.69, 9.17) is 4.74 Å². The van der Waals surface area contributed by atoms with Crippen LogP contribution in [0.15, 0.2) is 6.33 Å². The summed E-state index contributed by atoms with van der Waals surface area (Å²) in [6, 6.07) is 0.441. The summed E-state index contributed by atoms with van der Waals surface area (Å²) in [6.45, 7) is 8.53. The second-order valence-corrected chi connectivity index (χ2v) is 6.50. The third-order valence-corrected chi connectivity index (χ3v) is 5.03. The van der Waals surface area contributed by atoms with Crippen molar-refractivity contribution in [3.8, 4) is 5.75 Å². The maximum atomic E-state index is 5.57. The average Bonchev–Trinajstić information content (AvgIpc) is 2.47. The van der Waals surface area contributed by atoms with Gasteiger partial charge in [0.15, 0.2) is 11.6 Å². The minimum absolute atomic E-state index is 0.441. The average molecular weight is 296 g/mol. The maximum absolute atomic E-state index is 5.57. The smallest absolute Gasteiger partial charge is 0.204 e. The van der Waals surface area contributed by atoms with Crippen LogP contribution in [0.5, 0.6) is 5.75 Å². The quantitative estimate of drug-likeness (QED) is 0.901. The molecule has 0 bridgehead atoms. The molecular formula is C14H24N4OS. The van der Waals surface area contributed by atoms with E-state index in [1.165, 1.54) is 0 Å². The molecule has 5 nitrogen and oxygen atoms in total. The van der Waals surface area contributed by atoms with E-state index >= 15 is 0 Å². The minimum Gasteiger partial charge on any atom is -0.490 e. The van der Waals surface area contributed by atoms with Crippen LogP contribution in [0.4, 0.5) is 11.6 Å². The molecule has 1 saturated heterocycles. The van der Waals surface area contributed by atoms with Crippen LogP contribution in [0.3, 0.4) is 0 Å². The van der Waals surface area contributed by atoms with Crippen LogP contribution in [-0.4, -0.2) is 47.2 Å². The lowest BCUT2D eigenvalue weighted by Gasteiger charge is -2.38. The lowest BCUT2D eigenvalue weighted by molar-refractivity contribution is 0.410. The fourth-order valence-corrected chi connectivity index (χ4v) is 3.46. The van der Waals surface area contributed by atoms with Crippen LogP contribution < -0.4 is 15.0 Å². The van der Waals surface area contributed by atoms with E-state index in [1.807, 2.05) is 11.8 Å². The Kier molecular flexibility index (Phi) is 5.34. The van der Waals surface area contributed by atoms with Crippen molar-refractivity contribution in [2.45, 2.75) is 38.5 Å². The molecule has 0 aromatic carbocycles. The standard InChI is InChI=1S/C14H24N4OS/c1-5-6-15-13-12(19-4)14(17-9-16-13)18-7-8-20-11(3)10(18)2/h9-11H,5-8H2,1-4H3,(H,15,16,17). The Hall–Kier alpha value is -1.17. The van der Waals surface area contributed by atoms with Gasteiger partial charge in [-0.3, -0.25) is 0 Å². The van der Waals surface area contributed by atoms with Gasteiger partial charge in [0.05, 0.1) is 7.11 Å². The van der Waals surface area contributed by atoms with Crippen molar-refractivity contribution in [1.29, 1.82) is 0 Å². The number of aromatic nitrogens is 2. The van der Waals surface area contributed by atoms with E-state index in [9.17, 15) is 0 Å². The van der Waals surface area contributed by atoms with Crippen LogP contribution in [0.1, 0.15) is 27.2 Å². The molecule has 0 amide bonds. The highest BCUT2D eigenvalue weighted by Gasteiger charge is 2.29. The number of hydrogen-bond donors (Lipinski definition) is 1. The topological polar surface area (TPSA) is 50.3 Å². The molecule has 112 valence electrons. The normalized spacial score (nSPS) is 22.7. The van der Waals surface area contributed by atoms with Gasteiger partial charge in [0.1, 0.15) is 6.33 Å². The van der Waals surface area contributed by atoms with Gasteiger partial charge in [0, 0.05) is 30.1 Å². The van der Waals surface area contributed by atoms with Crippen molar-refractivity contribution >= 4 is 23.4 Å². The molecule has 1 aliphatic rings. The number of anilines is 2. The van der Waals surface area contributed by atoms with Gasteiger partial charge >= 0.3 is 0 Å². The van der Waals surface area contributed by atoms with Crippen LogP contribution in [0.2, 0.25) is 0 Å². The SMILES string of the molecule is CCCNc1ncnc(N2CCSC(C)C2C)c1OC. The van der Waals surface area contributed by atoms with Crippen molar-refractivity contribution in [2.75, 3.05) is 36.2 Å². The molecule has 0 aliphatic carbocycles. The summed E-state index contributed by atoms with van der Waals surface area (Å²) >= 11 is 2.01. The zero-order valence-electron chi connectivity index (χ0n) is 12.7. The summed E-state index contributed by atoms with van der Waals surface area (Å²) in [5.74, 6) is 3.57. The molecule has 1 fully saturated rings. The van der Waals surface area contributed by atoms with Crippen molar-refractivity contribution in [3.63, 3.8) is 0 Å². The highest BCUT2D eigenvalue weighted by molar-refractivity contribution is 8.00. The second kappa shape index (κ2) is 7.02. The molecule has 0 saturated carbocycles. The lowest BCUT2D eigenvalue weighted by Crippen LogP contribution is -2.45. The van der Waals surface area contributed by atoms with Crippen LogP contribution >= 0.6 is 11.8 Å². The van der Waals surface area contributed by atoms with Gasteiger partial charge in [-0.2, -0.15) is 11.8 Å². The van der Waals surface area contributed by atoms with Crippen LogP contribution in [0, 0.1) is 0 Å². The Balaban J connectivity index is 2.30. The number of nitrogens with one attached hydrogen (secondary N) is 1. The Morgan fingerprint density at radius 1 is 1.45 bits per heavy atom. The summed E-state index contributed by atoms with van der Waals surface area (Å²) in [6.07, 6.45) is 2.67. The lowest BCUT2D eigenvalue weighted by atomic mass is 10.2. The molecule has 6 heteroatoms. The van der Waals surface area contributed by atoms with E-state index in [2.05, 4.69) is 41.0 Å². The van der Waals surface area contributed by atoms with E-state index in [1.54, 1.807) is 13.4 Å². The molecule has 1 aromatic rings. The molecule has 1 aliphatic heterocycles. The number of ether oxygens (including phenoxy) is 1. The van der Waals surface area contributed by atoms with E-state index in [0.717, 1.165) is 42.6 Å². The van der Waals surface area contributed by atoms with Gasteiger partial charge in [-0.15, -0.1) is 0 Å². The van der Waals surface area contributed by atoms with E-state index < -0.39 is 0 Å². The van der Waals surface area contributed by atoms with Crippen molar-refractivity contribution < 1.29 is 4.74 Å². The summed E-state index contributed by atoms with van der Waals surface area (Å²) in [4.78, 5) is 11.1. The molecule has 2 unspecified atom stereocenters. The fraction of sp³-hybridized carbons (Fsp3) is 0.714. The maximum Gasteiger partial charge on any atom is 0.204 e. The Labute approximate surface area is 125 Å². The summed E-state index contributed by atoms with van der Waals surface area (Å²) in [5.41, 5.74) is 0. The third-order valence-electron chi connectivity index (χ3n) is 3.69. The van der Waals surface area contributed by atoms with Gasteiger partial charge in [0.2, 0.25) is 5.75 Å². The molecule has 1 N–H and O–H groups in total. The molecule has 1 aromatic heterocycles. The molecule has 2 heterocycles. The summed E-state index contributed by atoms with van der Waals surface area (Å²) < 4.78 is 5.57. The first-order valence-electron chi connectivity index (χ1n) is 7.20. The number of thioether (sulfide) groups is 1.